The van der Waals surface area contributed by atoms with Gasteiger partial charge in [0.05, 0.1) is 36.6 Å². The van der Waals surface area contributed by atoms with E-state index in [4.69, 9.17) is 9.47 Å². The molecule has 11 heteroatoms. The minimum Gasteiger partial charge on any atom is -0.463 e. The van der Waals surface area contributed by atoms with Gasteiger partial charge in [-0.1, -0.05) is 109 Å². The zero-order valence-electron chi connectivity index (χ0n) is 30.2. The second-order valence-corrected chi connectivity index (χ2v) is 15.5. The molecule has 3 aliphatic rings. The zero-order chi connectivity index (χ0) is 37.9. The minimum atomic E-state index is -1.36. The maximum atomic E-state index is 15.2. The molecule has 1 spiro atoms. The van der Waals surface area contributed by atoms with E-state index in [-0.39, 0.29) is 42.8 Å². The van der Waals surface area contributed by atoms with Crippen LogP contribution in [0.1, 0.15) is 51.1 Å². The summed E-state index contributed by atoms with van der Waals surface area (Å²) in [7, 11) is 0. The van der Waals surface area contributed by atoms with Crippen molar-refractivity contribution >= 4 is 56.1 Å². The summed E-state index contributed by atoms with van der Waals surface area (Å²) in [6, 6.07) is 20.3. The van der Waals surface area contributed by atoms with Gasteiger partial charge in [-0.05, 0) is 47.2 Å². The molecule has 53 heavy (non-hydrogen) atoms. The van der Waals surface area contributed by atoms with Crippen molar-refractivity contribution in [3.63, 3.8) is 0 Å². The van der Waals surface area contributed by atoms with Gasteiger partial charge in [0.15, 0.2) is 0 Å². The fraction of sp³-hybridized carbons (Fsp3) is 0.429. The lowest BCUT2D eigenvalue weighted by Crippen LogP contribution is -2.60. The SMILES string of the molecule is C=CCCC(=O)OC[C@H](NC(=O)[C@@H]1[C@H]2O[C@@]3(CC2Br)[C@H](C(=O)N(CC=C)c2ccc4ccccc4c2)N([C@@H](CO)[C@@H](C)CC)C(=O)[C@@H]13)c1ccccc1. The third-order valence-corrected chi connectivity index (χ3v) is 12.1. The van der Waals surface area contributed by atoms with E-state index in [0.717, 1.165) is 16.3 Å². The second kappa shape index (κ2) is 16.4. The van der Waals surface area contributed by atoms with Crippen molar-refractivity contribution in [1.82, 2.24) is 10.2 Å². The van der Waals surface area contributed by atoms with Gasteiger partial charge in [-0.25, -0.2) is 0 Å². The number of aliphatic hydroxyl groups excluding tert-OH is 1. The highest BCUT2D eigenvalue weighted by molar-refractivity contribution is 9.09. The van der Waals surface area contributed by atoms with Crippen molar-refractivity contribution in [2.75, 3.05) is 24.7 Å². The smallest absolute Gasteiger partial charge is 0.306 e. The number of nitrogens with one attached hydrogen (secondary N) is 1. The number of hydrogen-bond donors (Lipinski definition) is 2. The number of carbonyl (C=O) groups is 4. The molecule has 1 unspecified atom stereocenters. The Kier molecular flexibility index (Phi) is 11.9. The van der Waals surface area contributed by atoms with Crippen molar-refractivity contribution in [2.45, 2.75) is 74.2 Å². The van der Waals surface area contributed by atoms with Gasteiger partial charge < -0.3 is 29.7 Å². The number of carbonyl (C=O) groups excluding carboxylic acids is 4. The first-order chi connectivity index (χ1) is 25.6. The average molecular weight is 787 g/mol. The molecule has 0 radical (unpaired) electrons. The van der Waals surface area contributed by atoms with Gasteiger partial charge in [-0.2, -0.15) is 0 Å². The number of aliphatic hydroxyl groups is 1. The molecule has 3 heterocycles. The number of allylic oxidation sites excluding steroid dienone is 1. The largest absolute Gasteiger partial charge is 0.463 e. The lowest BCUT2D eigenvalue weighted by molar-refractivity contribution is -0.147. The van der Waals surface area contributed by atoms with Crippen LogP contribution in [0.25, 0.3) is 10.8 Å². The van der Waals surface area contributed by atoms with Crippen molar-refractivity contribution in [2.24, 2.45) is 17.8 Å². The van der Waals surface area contributed by atoms with Crippen LogP contribution in [0.3, 0.4) is 0 Å². The first-order valence-electron chi connectivity index (χ1n) is 18.4. The van der Waals surface area contributed by atoms with E-state index in [1.54, 1.807) is 17.1 Å². The van der Waals surface area contributed by atoms with Crippen molar-refractivity contribution in [3.05, 3.63) is 104 Å². The Hall–Kier alpha value is -4.32. The Morgan fingerprint density at radius 2 is 1.81 bits per heavy atom. The lowest BCUT2D eigenvalue weighted by Gasteiger charge is -2.41. The van der Waals surface area contributed by atoms with Crippen molar-refractivity contribution in [1.29, 1.82) is 0 Å². The normalized spacial score (nSPS) is 26.1. The van der Waals surface area contributed by atoms with Crippen molar-refractivity contribution < 1.29 is 33.8 Å². The monoisotopic (exact) mass is 785 g/mol. The van der Waals surface area contributed by atoms with E-state index in [1.807, 2.05) is 86.6 Å². The zero-order valence-corrected chi connectivity index (χ0v) is 31.8. The topological polar surface area (TPSA) is 125 Å². The number of esters is 1. The molecule has 3 fully saturated rings. The first kappa shape index (κ1) is 38.4. The van der Waals surface area contributed by atoms with Crippen molar-refractivity contribution in [3.8, 4) is 0 Å². The molecular formula is C42H48BrN3O7. The van der Waals surface area contributed by atoms with E-state index in [2.05, 4.69) is 34.4 Å². The first-order valence-corrected chi connectivity index (χ1v) is 19.3. The molecule has 0 aromatic heterocycles. The number of hydrogen-bond acceptors (Lipinski definition) is 7. The molecule has 3 aromatic rings. The van der Waals surface area contributed by atoms with Crippen LogP contribution in [-0.2, 0) is 28.7 Å². The summed E-state index contributed by atoms with van der Waals surface area (Å²) < 4.78 is 12.4. The molecular weight excluding hydrogens is 738 g/mol. The maximum absolute atomic E-state index is 15.2. The molecule has 3 aliphatic heterocycles. The Bertz CT molecular complexity index is 1850. The van der Waals surface area contributed by atoms with Gasteiger partial charge in [-0.15, -0.1) is 13.2 Å². The highest BCUT2D eigenvalue weighted by atomic mass is 79.9. The molecule has 3 amide bonds. The predicted octanol–water partition coefficient (Wildman–Crippen LogP) is 5.88. The number of ether oxygens (including phenoxy) is 2. The maximum Gasteiger partial charge on any atom is 0.306 e. The van der Waals surface area contributed by atoms with Crippen LogP contribution in [0.5, 0.6) is 0 Å². The molecule has 6 rings (SSSR count). The standard InChI is InChI=1S/C42H48BrN3O7/c1-5-8-18-34(48)52-25-32(28-15-10-9-11-16-28)44-39(49)35-36-40(50)46(33(24-47)26(4)7-3)38(42(36)23-31(43)37(35)53-42)41(51)45(21-6-2)30-20-19-27-14-12-13-17-29(27)22-30/h5-6,9-17,19-20,22,26,31-33,35-38,47H,1-2,7-8,18,21,23-25H2,3-4H3,(H,44,49)/t26-,31?,32-,33-,35-,36+,37-,38-,42+/m0/s1. The molecule has 0 saturated carbocycles. The van der Waals surface area contributed by atoms with Crippen LogP contribution in [-0.4, -0.2) is 82.1 Å². The fourth-order valence-corrected chi connectivity index (χ4v) is 9.35. The van der Waals surface area contributed by atoms with E-state index < -0.39 is 59.5 Å². The Labute approximate surface area is 319 Å². The Morgan fingerprint density at radius 3 is 2.49 bits per heavy atom. The number of benzene rings is 3. The van der Waals surface area contributed by atoms with Crippen LogP contribution >= 0.6 is 15.9 Å². The van der Waals surface area contributed by atoms with Crippen LogP contribution in [0.4, 0.5) is 5.69 Å². The highest BCUT2D eigenvalue weighted by Gasteiger charge is 2.77. The van der Waals surface area contributed by atoms with E-state index in [0.29, 0.717) is 24.9 Å². The number of likely N-dealkylation sites (tertiary alicyclic amines) is 1. The summed E-state index contributed by atoms with van der Waals surface area (Å²) in [6.45, 7) is 11.2. The predicted molar refractivity (Wildman–Crippen MR) is 207 cm³/mol. The third kappa shape index (κ3) is 7.18. The van der Waals surface area contributed by atoms with Gasteiger partial charge in [-0.3, -0.25) is 19.2 Å². The highest BCUT2D eigenvalue weighted by Crippen LogP contribution is 2.61. The van der Waals surface area contributed by atoms with Crippen LogP contribution < -0.4 is 10.2 Å². The van der Waals surface area contributed by atoms with Crippen LogP contribution in [0.15, 0.2) is 98.1 Å². The van der Waals surface area contributed by atoms with E-state index >= 15 is 4.79 Å². The molecule has 0 aliphatic carbocycles. The fourth-order valence-electron chi connectivity index (χ4n) is 8.40. The van der Waals surface area contributed by atoms with Gasteiger partial charge in [0.25, 0.3) is 5.91 Å². The molecule has 3 saturated heterocycles. The number of fused-ring (bicyclic) bond motifs is 2. The van der Waals surface area contributed by atoms with Gasteiger partial charge in [0.1, 0.15) is 18.2 Å². The molecule has 3 aromatic carbocycles. The number of amides is 3. The number of anilines is 1. The summed E-state index contributed by atoms with van der Waals surface area (Å²) in [5.41, 5.74) is 0.00741. The number of nitrogens with zero attached hydrogens (tertiary/aromatic N) is 2. The molecule has 10 nitrogen and oxygen atoms in total. The summed E-state index contributed by atoms with van der Waals surface area (Å²) in [6.07, 6.45) is 4.16. The lowest BCUT2D eigenvalue weighted by atomic mass is 9.70. The molecule has 2 bridgehead atoms. The van der Waals surface area contributed by atoms with Gasteiger partial charge in [0.2, 0.25) is 11.8 Å². The van der Waals surface area contributed by atoms with Crippen LogP contribution in [0.2, 0.25) is 0 Å². The molecule has 280 valence electrons. The summed E-state index contributed by atoms with van der Waals surface area (Å²) in [5, 5.41) is 15.9. The average Bonchev–Trinajstić information content (AvgIpc) is 3.77. The summed E-state index contributed by atoms with van der Waals surface area (Å²) >= 11 is 3.77. The minimum absolute atomic E-state index is 0.110. The van der Waals surface area contributed by atoms with Gasteiger partial charge in [0, 0.05) is 23.5 Å². The van der Waals surface area contributed by atoms with E-state index in [1.165, 1.54) is 4.90 Å². The third-order valence-electron chi connectivity index (χ3n) is 11.2. The summed E-state index contributed by atoms with van der Waals surface area (Å²) in [4.78, 5) is 60.0. The number of halogens is 1. The van der Waals surface area contributed by atoms with Gasteiger partial charge >= 0.3 is 5.97 Å². The molecule has 9 atom stereocenters. The Balaban J connectivity index is 1.38. The molecule has 2 N–H and O–H groups in total. The number of rotatable bonds is 16. The van der Waals surface area contributed by atoms with Crippen LogP contribution in [0, 0.1) is 17.8 Å². The number of alkyl halides is 1. The Morgan fingerprint density at radius 1 is 1.09 bits per heavy atom. The van der Waals surface area contributed by atoms with E-state index in [9.17, 15) is 19.5 Å². The quantitative estimate of drug-likeness (QED) is 0.106. The summed E-state index contributed by atoms with van der Waals surface area (Å²) in [5.74, 6) is -3.74. The second-order valence-electron chi connectivity index (χ2n) is 14.3.